The molecule has 0 spiro atoms. The van der Waals surface area contributed by atoms with E-state index in [1.54, 1.807) is 0 Å². The zero-order chi connectivity index (χ0) is 17.0. The van der Waals surface area contributed by atoms with Crippen molar-refractivity contribution in [3.05, 3.63) is 35.1 Å². The minimum atomic E-state index is -4.67. The monoisotopic (exact) mass is 331 g/mol. The van der Waals surface area contributed by atoms with E-state index in [0.29, 0.717) is 24.6 Å². The molecule has 0 saturated heterocycles. The molecule has 0 bridgehead atoms. The van der Waals surface area contributed by atoms with Crippen molar-refractivity contribution < 1.29 is 22.4 Å². The standard InChI is InChI=1S/C17H21F4NO/c1-2-11-3-5-12(6-4-11)10-22-16(23)13-7-14(17(19,20)21)9-15(18)8-13/h7-9,11-12H,2-6,10H2,1H3,(H,22,23). The number of rotatable bonds is 4. The van der Waals surface area contributed by atoms with Crippen molar-refractivity contribution in [2.24, 2.45) is 11.8 Å². The van der Waals surface area contributed by atoms with Gasteiger partial charge in [0.25, 0.3) is 5.91 Å². The quantitative estimate of drug-likeness (QED) is 0.790. The number of halogens is 4. The summed E-state index contributed by atoms with van der Waals surface area (Å²) in [6, 6.07) is 1.91. The van der Waals surface area contributed by atoms with E-state index in [0.717, 1.165) is 44.1 Å². The largest absolute Gasteiger partial charge is 0.416 e. The molecule has 0 atom stereocenters. The molecule has 1 N–H and O–H groups in total. The molecule has 1 aliphatic rings. The number of carbonyl (C=O) groups is 1. The van der Waals surface area contributed by atoms with Gasteiger partial charge in [-0.2, -0.15) is 13.2 Å². The highest BCUT2D eigenvalue weighted by atomic mass is 19.4. The van der Waals surface area contributed by atoms with Crippen LogP contribution in [0.2, 0.25) is 0 Å². The first kappa shape index (κ1) is 17.8. The van der Waals surface area contributed by atoms with Gasteiger partial charge in [-0.1, -0.05) is 26.2 Å². The second-order valence-corrected chi connectivity index (χ2v) is 6.23. The molecule has 1 saturated carbocycles. The second kappa shape index (κ2) is 7.32. The van der Waals surface area contributed by atoms with Crippen molar-refractivity contribution in [3.63, 3.8) is 0 Å². The molecule has 0 heterocycles. The number of nitrogens with one attached hydrogen (secondary N) is 1. The summed E-state index contributed by atoms with van der Waals surface area (Å²) in [7, 11) is 0. The van der Waals surface area contributed by atoms with Gasteiger partial charge in [-0.05, 0) is 42.9 Å². The lowest BCUT2D eigenvalue weighted by Gasteiger charge is -2.27. The normalized spacial score (nSPS) is 22.0. The highest BCUT2D eigenvalue weighted by Crippen LogP contribution is 2.31. The molecular weight excluding hydrogens is 310 g/mol. The summed E-state index contributed by atoms with van der Waals surface area (Å²) in [6.45, 7) is 2.59. The Bertz CT molecular complexity index is 548. The summed E-state index contributed by atoms with van der Waals surface area (Å²) in [5.74, 6) is -0.641. The molecule has 0 aliphatic heterocycles. The van der Waals surface area contributed by atoms with E-state index in [4.69, 9.17) is 0 Å². The van der Waals surface area contributed by atoms with E-state index in [2.05, 4.69) is 12.2 Å². The van der Waals surface area contributed by atoms with Crippen LogP contribution in [0.15, 0.2) is 18.2 Å². The van der Waals surface area contributed by atoms with Gasteiger partial charge in [0.15, 0.2) is 0 Å². The lowest BCUT2D eigenvalue weighted by atomic mass is 9.81. The fourth-order valence-corrected chi connectivity index (χ4v) is 3.07. The van der Waals surface area contributed by atoms with E-state index in [9.17, 15) is 22.4 Å². The second-order valence-electron chi connectivity index (χ2n) is 6.23. The van der Waals surface area contributed by atoms with E-state index in [1.165, 1.54) is 0 Å². The van der Waals surface area contributed by atoms with Crippen molar-refractivity contribution in [3.8, 4) is 0 Å². The lowest BCUT2D eigenvalue weighted by molar-refractivity contribution is -0.137. The van der Waals surface area contributed by atoms with Crippen molar-refractivity contribution >= 4 is 5.91 Å². The Morgan fingerprint density at radius 3 is 2.30 bits per heavy atom. The number of amides is 1. The summed E-state index contributed by atoms with van der Waals surface area (Å²) >= 11 is 0. The maximum Gasteiger partial charge on any atom is 0.416 e. The molecule has 0 radical (unpaired) electrons. The fourth-order valence-electron chi connectivity index (χ4n) is 3.07. The van der Waals surface area contributed by atoms with Gasteiger partial charge >= 0.3 is 6.18 Å². The molecule has 2 rings (SSSR count). The van der Waals surface area contributed by atoms with Crippen molar-refractivity contribution in [2.45, 2.75) is 45.2 Å². The Balaban J connectivity index is 1.95. The van der Waals surface area contributed by atoms with Crippen LogP contribution in [-0.2, 0) is 6.18 Å². The smallest absolute Gasteiger partial charge is 0.352 e. The molecule has 6 heteroatoms. The summed E-state index contributed by atoms with van der Waals surface area (Å²) in [6.07, 6.45) is 0.744. The van der Waals surface area contributed by atoms with E-state index < -0.39 is 23.5 Å². The predicted octanol–water partition coefficient (Wildman–Crippen LogP) is 4.79. The average Bonchev–Trinajstić information content (AvgIpc) is 2.51. The van der Waals surface area contributed by atoms with Gasteiger partial charge in [-0.3, -0.25) is 4.79 Å². The molecule has 0 aromatic heterocycles. The van der Waals surface area contributed by atoms with Crippen molar-refractivity contribution in [1.82, 2.24) is 5.32 Å². The van der Waals surface area contributed by atoms with Gasteiger partial charge in [-0.15, -0.1) is 0 Å². The minimum absolute atomic E-state index is 0.292. The first-order chi connectivity index (χ1) is 10.8. The third kappa shape index (κ3) is 4.94. The Hall–Kier alpha value is -1.59. The van der Waals surface area contributed by atoms with Gasteiger partial charge in [0, 0.05) is 12.1 Å². The lowest BCUT2D eigenvalue weighted by Crippen LogP contribution is -2.31. The predicted molar refractivity (Wildman–Crippen MR) is 79.5 cm³/mol. The summed E-state index contributed by atoms with van der Waals surface area (Å²) < 4.78 is 51.3. The third-order valence-electron chi connectivity index (χ3n) is 4.58. The first-order valence-corrected chi connectivity index (χ1v) is 7.95. The number of carbonyl (C=O) groups excluding carboxylic acids is 1. The zero-order valence-corrected chi connectivity index (χ0v) is 13.0. The zero-order valence-electron chi connectivity index (χ0n) is 13.0. The molecule has 23 heavy (non-hydrogen) atoms. The molecule has 1 aromatic carbocycles. The number of hydrogen-bond acceptors (Lipinski definition) is 1. The summed E-state index contributed by atoms with van der Waals surface area (Å²) in [5, 5.41) is 2.63. The highest BCUT2D eigenvalue weighted by Gasteiger charge is 2.32. The SMILES string of the molecule is CCC1CCC(CNC(=O)c2cc(F)cc(C(F)(F)F)c2)CC1. The van der Waals surface area contributed by atoms with Gasteiger partial charge in [0.2, 0.25) is 0 Å². The van der Waals surface area contributed by atoms with Crippen LogP contribution < -0.4 is 5.32 Å². The Morgan fingerprint density at radius 1 is 1.13 bits per heavy atom. The van der Waals surface area contributed by atoms with Crippen LogP contribution in [0.4, 0.5) is 17.6 Å². The molecular formula is C17H21F4NO. The average molecular weight is 331 g/mol. The van der Waals surface area contributed by atoms with E-state index >= 15 is 0 Å². The highest BCUT2D eigenvalue weighted by molar-refractivity contribution is 5.94. The number of alkyl halides is 3. The number of hydrogen-bond donors (Lipinski definition) is 1. The third-order valence-corrected chi connectivity index (χ3v) is 4.58. The molecule has 128 valence electrons. The van der Waals surface area contributed by atoms with Crippen LogP contribution in [0.5, 0.6) is 0 Å². The maximum absolute atomic E-state index is 13.3. The van der Waals surface area contributed by atoms with Gasteiger partial charge in [-0.25, -0.2) is 4.39 Å². The van der Waals surface area contributed by atoms with Crippen LogP contribution in [-0.4, -0.2) is 12.5 Å². The van der Waals surface area contributed by atoms with Crippen LogP contribution in [0, 0.1) is 17.7 Å². The topological polar surface area (TPSA) is 29.1 Å². The van der Waals surface area contributed by atoms with Crippen LogP contribution in [0.3, 0.4) is 0 Å². The van der Waals surface area contributed by atoms with Gasteiger partial charge in [0.05, 0.1) is 5.56 Å². The molecule has 1 aromatic rings. The first-order valence-electron chi connectivity index (χ1n) is 7.95. The number of benzene rings is 1. The van der Waals surface area contributed by atoms with Crippen LogP contribution in [0.25, 0.3) is 0 Å². The minimum Gasteiger partial charge on any atom is -0.352 e. The Kier molecular flexibility index (Phi) is 5.65. The molecule has 1 amide bonds. The summed E-state index contributed by atoms with van der Waals surface area (Å²) in [5.41, 5.74) is -1.44. The van der Waals surface area contributed by atoms with Crippen molar-refractivity contribution in [2.75, 3.05) is 6.54 Å². The van der Waals surface area contributed by atoms with Gasteiger partial charge in [0.1, 0.15) is 5.82 Å². The molecule has 1 fully saturated rings. The molecule has 1 aliphatic carbocycles. The van der Waals surface area contributed by atoms with E-state index in [1.807, 2.05) is 0 Å². The van der Waals surface area contributed by atoms with Crippen LogP contribution >= 0.6 is 0 Å². The van der Waals surface area contributed by atoms with E-state index in [-0.39, 0.29) is 5.56 Å². The maximum atomic E-state index is 13.3. The Morgan fingerprint density at radius 2 is 1.74 bits per heavy atom. The van der Waals surface area contributed by atoms with Crippen molar-refractivity contribution in [1.29, 1.82) is 0 Å². The summed E-state index contributed by atoms with van der Waals surface area (Å²) in [4.78, 5) is 12.0. The molecule has 0 unspecified atom stereocenters. The Labute approximate surface area is 133 Å². The molecule has 2 nitrogen and oxygen atoms in total. The fraction of sp³-hybridized carbons (Fsp3) is 0.588. The van der Waals surface area contributed by atoms with Gasteiger partial charge < -0.3 is 5.32 Å². The van der Waals surface area contributed by atoms with Crippen LogP contribution in [0.1, 0.15) is 54.9 Å².